The van der Waals surface area contributed by atoms with Crippen molar-refractivity contribution in [3.8, 4) is 39.9 Å². The molecule has 5 aromatic carbocycles. The first-order chi connectivity index (χ1) is 22.2. The van der Waals surface area contributed by atoms with Gasteiger partial charge >= 0.3 is 0 Å². The predicted molar refractivity (Wildman–Crippen MR) is 185 cm³/mol. The van der Waals surface area contributed by atoms with Crippen molar-refractivity contribution < 1.29 is 4.42 Å². The second-order valence-corrected chi connectivity index (χ2v) is 10.9. The predicted octanol–water partition coefficient (Wildman–Crippen LogP) is 10.4. The molecule has 0 saturated heterocycles. The van der Waals surface area contributed by atoms with Crippen LogP contribution in [-0.4, -0.2) is 19.5 Å². The summed E-state index contributed by atoms with van der Waals surface area (Å²) in [6, 6.07) is 41.3. The van der Waals surface area contributed by atoms with E-state index in [1.54, 1.807) is 0 Å². The maximum Gasteiger partial charge on any atom is 0.238 e. The number of furan rings is 1. The number of aromatic nitrogens is 4. The molecule has 0 fully saturated rings. The van der Waals surface area contributed by atoms with Crippen molar-refractivity contribution in [1.29, 1.82) is 0 Å². The highest BCUT2D eigenvalue weighted by atomic mass is 16.3. The molecule has 8 aromatic rings. The minimum atomic E-state index is 0.571. The number of benzene rings is 5. The van der Waals surface area contributed by atoms with Crippen molar-refractivity contribution in [2.24, 2.45) is 0 Å². The van der Waals surface area contributed by atoms with Gasteiger partial charge in [-0.2, -0.15) is 9.97 Å². The maximum absolute atomic E-state index is 6.41. The molecule has 0 radical (unpaired) electrons. The van der Waals surface area contributed by atoms with E-state index in [0.717, 1.165) is 66.4 Å². The lowest BCUT2D eigenvalue weighted by Gasteiger charge is -2.11. The third-order valence-electron chi connectivity index (χ3n) is 8.18. The third-order valence-corrected chi connectivity index (χ3v) is 8.18. The van der Waals surface area contributed by atoms with Crippen LogP contribution in [0.25, 0.3) is 84.8 Å². The first kappa shape index (κ1) is 26.5. The van der Waals surface area contributed by atoms with Gasteiger partial charge in [0.05, 0.1) is 11.0 Å². The quantitative estimate of drug-likeness (QED) is 0.196. The van der Waals surface area contributed by atoms with Crippen LogP contribution in [-0.2, 0) is 0 Å². The summed E-state index contributed by atoms with van der Waals surface area (Å²) in [5.74, 6) is 2.63. The van der Waals surface area contributed by atoms with Crippen LogP contribution in [0.15, 0.2) is 138 Å². The average molecular weight is 581 g/mol. The number of nitrogens with zero attached hydrogens (tertiary/aromatic N) is 4. The summed E-state index contributed by atoms with van der Waals surface area (Å²) in [4.78, 5) is 15.0. The van der Waals surface area contributed by atoms with E-state index in [0.29, 0.717) is 17.6 Å². The molecule has 0 aliphatic carbocycles. The minimum Gasteiger partial charge on any atom is -0.455 e. The fourth-order valence-corrected chi connectivity index (χ4v) is 6.12. The normalized spacial score (nSPS) is 11.7. The molecule has 0 unspecified atom stereocenters. The molecule has 0 spiro atoms. The Morgan fingerprint density at radius 1 is 0.622 bits per heavy atom. The van der Waals surface area contributed by atoms with Crippen LogP contribution >= 0.6 is 0 Å². The van der Waals surface area contributed by atoms with Gasteiger partial charge in [-0.25, -0.2) is 4.98 Å². The Morgan fingerprint density at radius 3 is 1.96 bits per heavy atom. The highest BCUT2D eigenvalue weighted by Crippen LogP contribution is 2.39. The molecule has 3 aromatic heterocycles. The van der Waals surface area contributed by atoms with Gasteiger partial charge < -0.3 is 4.42 Å². The van der Waals surface area contributed by atoms with E-state index in [1.807, 2.05) is 85.8 Å². The van der Waals surface area contributed by atoms with Gasteiger partial charge in [-0.1, -0.05) is 122 Å². The zero-order valence-electron chi connectivity index (χ0n) is 24.7. The third kappa shape index (κ3) is 4.45. The van der Waals surface area contributed by atoms with Crippen LogP contribution in [0.1, 0.15) is 18.2 Å². The number of para-hydroxylation sites is 2. The van der Waals surface area contributed by atoms with Crippen molar-refractivity contribution in [1.82, 2.24) is 19.5 Å². The lowest BCUT2D eigenvalue weighted by molar-refractivity contribution is 0.604. The molecule has 0 bridgehead atoms. The van der Waals surface area contributed by atoms with Crippen molar-refractivity contribution in [2.45, 2.75) is 6.92 Å². The first-order valence-corrected chi connectivity index (χ1v) is 14.9. The molecule has 214 valence electrons. The van der Waals surface area contributed by atoms with E-state index >= 15 is 0 Å². The summed E-state index contributed by atoms with van der Waals surface area (Å²) in [6.45, 7) is 6.03. The monoisotopic (exact) mass is 580 g/mol. The summed E-state index contributed by atoms with van der Waals surface area (Å²) in [5, 5.41) is 3.27. The van der Waals surface area contributed by atoms with Crippen LogP contribution in [0.5, 0.6) is 0 Å². The molecule has 5 heteroatoms. The summed E-state index contributed by atoms with van der Waals surface area (Å²) in [7, 11) is 0. The fourth-order valence-electron chi connectivity index (χ4n) is 6.12. The molecule has 0 atom stereocenters. The van der Waals surface area contributed by atoms with E-state index in [4.69, 9.17) is 19.4 Å². The van der Waals surface area contributed by atoms with E-state index in [1.165, 1.54) is 0 Å². The zero-order chi connectivity index (χ0) is 30.3. The molecule has 0 aliphatic rings. The Balaban J connectivity index is 1.37. The minimum absolute atomic E-state index is 0.571. The number of rotatable bonds is 6. The lowest BCUT2D eigenvalue weighted by Crippen LogP contribution is -2.06. The average Bonchev–Trinajstić information content (AvgIpc) is 3.63. The molecule has 5 nitrogen and oxygen atoms in total. The van der Waals surface area contributed by atoms with Gasteiger partial charge in [0.1, 0.15) is 11.3 Å². The first-order valence-electron chi connectivity index (χ1n) is 14.9. The Hall–Kier alpha value is -6.07. The Bertz CT molecular complexity index is 2340. The van der Waals surface area contributed by atoms with Crippen molar-refractivity contribution in [3.05, 3.63) is 145 Å². The number of hydrogen-bond donors (Lipinski definition) is 0. The van der Waals surface area contributed by atoms with Crippen LogP contribution in [0, 0.1) is 0 Å². The lowest BCUT2D eigenvalue weighted by atomic mass is 10.00. The molecule has 3 heterocycles. The SMILES string of the molecule is C=Cc1c(/C=C\C)oc2c(-c3ccc4c(c3)c3ccccc3n4-c3nc(-c4ccccc4)nc(-c4ccccc4)n3)cccc12. The topological polar surface area (TPSA) is 56.7 Å². The van der Waals surface area contributed by atoms with E-state index < -0.39 is 0 Å². The second-order valence-electron chi connectivity index (χ2n) is 10.9. The standard InChI is InChI=1S/C40H28N4O/c1-3-14-36-29(4-2)32-21-13-20-30(37(32)45-36)28-23-24-35-33(25-28)31-19-11-12-22-34(31)44(35)40-42-38(26-15-7-5-8-16-26)41-39(43-40)27-17-9-6-10-18-27/h3-25H,2H2,1H3/b14-3-. The summed E-state index contributed by atoms with van der Waals surface area (Å²) in [5.41, 5.74) is 7.85. The number of fused-ring (bicyclic) bond motifs is 4. The van der Waals surface area contributed by atoms with Gasteiger partial charge in [0.15, 0.2) is 11.6 Å². The van der Waals surface area contributed by atoms with Crippen LogP contribution < -0.4 is 0 Å². The smallest absolute Gasteiger partial charge is 0.238 e. The van der Waals surface area contributed by atoms with Gasteiger partial charge in [0, 0.05) is 38.4 Å². The van der Waals surface area contributed by atoms with Gasteiger partial charge in [-0.05, 0) is 36.8 Å². The molecular weight excluding hydrogens is 552 g/mol. The molecule has 0 N–H and O–H groups in total. The van der Waals surface area contributed by atoms with Gasteiger partial charge in [0.25, 0.3) is 0 Å². The van der Waals surface area contributed by atoms with E-state index in [9.17, 15) is 0 Å². The van der Waals surface area contributed by atoms with E-state index in [-0.39, 0.29) is 0 Å². The van der Waals surface area contributed by atoms with Crippen molar-refractivity contribution in [2.75, 3.05) is 0 Å². The number of allylic oxidation sites excluding steroid dienone is 1. The fraction of sp³-hybridized carbons (Fsp3) is 0.0250. The molecule has 0 amide bonds. The van der Waals surface area contributed by atoms with Crippen molar-refractivity contribution >= 4 is 44.9 Å². The number of hydrogen-bond acceptors (Lipinski definition) is 4. The molecular formula is C40H28N4O. The maximum atomic E-state index is 6.41. The van der Waals surface area contributed by atoms with Gasteiger partial charge in [-0.3, -0.25) is 4.57 Å². The van der Waals surface area contributed by atoms with Crippen LogP contribution in [0.2, 0.25) is 0 Å². The van der Waals surface area contributed by atoms with Gasteiger partial charge in [0.2, 0.25) is 5.95 Å². The highest BCUT2D eigenvalue weighted by Gasteiger charge is 2.19. The summed E-state index contributed by atoms with van der Waals surface area (Å²) < 4.78 is 8.55. The molecule has 0 saturated carbocycles. The Morgan fingerprint density at radius 2 is 1.27 bits per heavy atom. The molecule has 8 rings (SSSR count). The summed E-state index contributed by atoms with van der Waals surface area (Å²) in [6.07, 6.45) is 5.84. The van der Waals surface area contributed by atoms with E-state index in [2.05, 4.69) is 71.8 Å². The van der Waals surface area contributed by atoms with Crippen molar-refractivity contribution in [3.63, 3.8) is 0 Å². The van der Waals surface area contributed by atoms with Crippen LogP contribution in [0.4, 0.5) is 0 Å². The van der Waals surface area contributed by atoms with Gasteiger partial charge in [-0.15, -0.1) is 0 Å². The zero-order valence-corrected chi connectivity index (χ0v) is 24.7. The summed E-state index contributed by atoms with van der Waals surface area (Å²) >= 11 is 0. The highest BCUT2D eigenvalue weighted by molar-refractivity contribution is 6.11. The largest absolute Gasteiger partial charge is 0.455 e. The molecule has 45 heavy (non-hydrogen) atoms. The second kappa shape index (κ2) is 10.9. The Kier molecular flexibility index (Phi) is 6.42. The Labute approximate surface area is 260 Å². The van der Waals surface area contributed by atoms with Crippen LogP contribution in [0.3, 0.4) is 0 Å². The molecule has 0 aliphatic heterocycles.